The SMILES string of the molecule is N#Cc1c(N=Cc2cn[nH]c2-c2ccc(F)cc2)n[nH]c1Nc1cccc(Cl)c1. The van der Waals surface area contributed by atoms with Crippen LogP contribution in [-0.2, 0) is 0 Å². The van der Waals surface area contributed by atoms with Gasteiger partial charge in [-0.3, -0.25) is 10.2 Å². The maximum Gasteiger partial charge on any atom is 0.193 e. The van der Waals surface area contributed by atoms with Crippen LogP contribution in [0.5, 0.6) is 0 Å². The molecular formula is C20H13ClFN7. The lowest BCUT2D eigenvalue weighted by molar-refractivity contribution is 0.628. The summed E-state index contributed by atoms with van der Waals surface area (Å²) < 4.78 is 13.2. The largest absolute Gasteiger partial charge is 0.339 e. The second-order valence-corrected chi connectivity index (χ2v) is 6.45. The molecule has 142 valence electrons. The average molecular weight is 406 g/mol. The molecule has 0 fully saturated rings. The van der Waals surface area contributed by atoms with Crippen molar-refractivity contribution in [3.63, 3.8) is 0 Å². The first-order valence-electron chi connectivity index (χ1n) is 8.48. The molecule has 2 aromatic heterocycles. The summed E-state index contributed by atoms with van der Waals surface area (Å²) in [6, 6.07) is 15.2. The molecular weight excluding hydrogens is 393 g/mol. The minimum absolute atomic E-state index is 0.225. The van der Waals surface area contributed by atoms with E-state index in [9.17, 15) is 9.65 Å². The Hall–Kier alpha value is -3.96. The van der Waals surface area contributed by atoms with Gasteiger partial charge in [0.1, 0.15) is 23.3 Å². The summed E-state index contributed by atoms with van der Waals surface area (Å²) in [6.07, 6.45) is 3.13. The molecule has 0 unspecified atom stereocenters. The summed E-state index contributed by atoms with van der Waals surface area (Å²) >= 11 is 5.99. The molecule has 0 saturated heterocycles. The van der Waals surface area contributed by atoms with Crippen molar-refractivity contribution in [1.82, 2.24) is 20.4 Å². The summed E-state index contributed by atoms with van der Waals surface area (Å²) in [7, 11) is 0. The predicted octanol–water partition coefficient (Wildman–Crippen LogP) is 4.96. The third kappa shape index (κ3) is 4.00. The van der Waals surface area contributed by atoms with E-state index in [1.165, 1.54) is 12.1 Å². The molecule has 7 nitrogen and oxygen atoms in total. The molecule has 9 heteroatoms. The lowest BCUT2D eigenvalue weighted by Gasteiger charge is -2.03. The fourth-order valence-corrected chi connectivity index (χ4v) is 2.89. The molecule has 0 amide bonds. The summed E-state index contributed by atoms with van der Waals surface area (Å²) in [5.74, 6) is 0.314. The van der Waals surface area contributed by atoms with Gasteiger partial charge in [-0.25, -0.2) is 9.38 Å². The number of halogens is 2. The Bertz CT molecular complexity index is 1220. The van der Waals surface area contributed by atoms with E-state index in [4.69, 9.17) is 11.6 Å². The molecule has 0 aliphatic heterocycles. The molecule has 29 heavy (non-hydrogen) atoms. The Morgan fingerprint density at radius 1 is 1.17 bits per heavy atom. The van der Waals surface area contributed by atoms with Gasteiger partial charge in [-0.1, -0.05) is 17.7 Å². The highest BCUT2D eigenvalue weighted by Crippen LogP contribution is 2.27. The van der Waals surface area contributed by atoms with E-state index in [0.29, 0.717) is 27.8 Å². The third-order valence-electron chi connectivity index (χ3n) is 4.08. The van der Waals surface area contributed by atoms with Crippen LogP contribution in [-0.4, -0.2) is 26.6 Å². The second-order valence-electron chi connectivity index (χ2n) is 6.01. The number of rotatable bonds is 5. The number of nitriles is 1. The van der Waals surface area contributed by atoms with E-state index >= 15 is 0 Å². The van der Waals surface area contributed by atoms with Crippen molar-refractivity contribution < 1.29 is 4.39 Å². The van der Waals surface area contributed by atoms with E-state index in [1.54, 1.807) is 42.7 Å². The van der Waals surface area contributed by atoms with Gasteiger partial charge in [0.25, 0.3) is 0 Å². The standard InChI is InChI=1S/C20H13ClFN7/c21-14-2-1-3-16(8-14)26-20-17(9-23)19(28-29-20)24-10-13-11-25-27-18(13)12-4-6-15(22)7-5-12/h1-8,10-11H,(H,25,27)(H2,26,28,29). The van der Waals surface area contributed by atoms with Crippen molar-refractivity contribution in [2.24, 2.45) is 4.99 Å². The van der Waals surface area contributed by atoms with Crippen LogP contribution in [0.3, 0.4) is 0 Å². The van der Waals surface area contributed by atoms with Crippen LogP contribution in [0.25, 0.3) is 11.3 Å². The number of nitrogens with one attached hydrogen (secondary N) is 3. The molecule has 4 rings (SSSR count). The maximum atomic E-state index is 13.2. The molecule has 2 heterocycles. The fraction of sp³-hybridized carbons (Fsp3) is 0. The predicted molar refractivity (Wildman–Crippen MR) is 109 cm³/mol. The summed E-state index contributed by atoms with van der Waals surface area (Å²) in [5.41, 5.74) is 3.08. The van der Waals surface area contributed by atoms with E-state index in [-0.39, 0.29) is 17.2 Å². The van der Waals surface area contributed by atoms with Gasteiger partial charge in [0, 0.05) is 28.1 Å². The van der Waals surface area contributed by atoms with E-state index in [0.717, 1.165) is 5.56 Å². The lowest BCUT2D eigenvalue weighted by Crippen LogP contribution is -1.92. The molecule has 0 radical (unpaired) electrons. The lowest BCUT2D eigenvalue weighted by atomic mass is 10.1. The second kappa shape index (κ2) is 7.96. The van der Waals surface area contributed by atoms with E-state index < -0.39 is 0 Å². The number of aromatic amines is 2. The average Bonchev–Trinajstić information content (AvgIpc) is 3.33. The Morgan fingerprint density at radius 3 is 2.76 bits per heavy atom. The number of aromatic nitrogens is 4. The Morgan fingerprint density at radius 2 is 2.00 bits per heavy atom. The monoisotopic (exact) mass is 405 g/mol. The van der Waals surface area contributed by atoms with E-state index in [1.807, 2.05) is 6.07 Å². The van der Waals surface area contributed by atoms with Gasteiger partial charge in [0.05, 0.1) is 11.9 Å². The summed E-state index contributed by atoms with van der Waals surface area (Å²) in [5, 5.41) is 26.9. The van der Waals surface area contributed by atoms with Gasteiger partial charge in [-0.15, -0.1) is 0 Å². The number of nitrogens with zero attached hydrogens (tertiary/aromatic N) is 4. The first-order valence-corrected chi connectivity index (χ1v) is 8.86. The van der Waals surface area contributed by atoms with Gasteiger partial charge < -0.3 is 5.32 Å². The zero-order valence-corrected chi connectivity index (χ0v) is 15.6. The van der Waals surface area contributed by atoms with Crippen LogP contribution in [0.4, 0.5) is 21.7 Å². The van der Waals surface area contributed by atoms with Gasteiger partial charge in [0.15, 0.2) is 5.82 Å². The van der Waals surface area contributed by atoms with Crippen molar-refractivity contribution in [3.8, 4) is 17.3 Å². The summed E-state index contributed by atoms with van der Waals surface area (Å²) in [4.78, 5) is 4.31. The minimum Gasteiger partial charge on any atom is -0.339 e. The minimum atomic E-state index is -0.321. The van der Waals surface area contributed by atoms with Crippen molar-refractivity contribution >= 4 is 35.1 Å². The van der Waals surface area contributed by atoms with E-state index in [2.05, 4.69) is 36.8 Å². The highest BCUT2D eigenvalue weighted by molar-refractivity contribution is 6.30. The number of hydrogen-bond acceptors (Lipinski definition) is 5. The van der Waals surface area contributed by atoms with Crippen molar-refractivity contribution in [2.75, 3.05) is 5.32 Å². The first kappa shape index (κ1) is 18.4. The number of anilines is 2. The maximum absolute atomic E-state index is 13.2. The number of benzene rings is 2. The fourth-order valence-electron chi connectivity index (χ4n) is 2.70. The molecule has 4 aromatic rings. The topological polar surface area (TPSA) is 106 Å². The Balaban J connectivity index is 1.60. The van der Waals surface area contributed by atoms with Gasteiger partial charge >= 0.3 is 0 Å². The molecule has 0 spiro atoms. The third-order valence-corrected chi connectivity index (χ3v) is 4.32. The summed E-state index contributed by atoms with van der Waals surface area (Å²) in [6.45, 7) is 0. The normalized spacial score (nSPS) is 10.9. The van der Waals surface area contributed by atoms with Crippen LogP contribution in [0.15, 0.2) is 59.7 Å². The molecule has 0 aliphatic carbocycles. The van der Waals surface area contributed by atoms with Crippen LogP contribution >= 0.6 is 11.6 Å². The molecule has 2 aromatic carbocycles. The first-order chi connectivity index (χ1) is 14.1. The number of hydrogen-bond donors (Lipinski definition) is 3. The number of H-pyrrole nitrogens is 2. The molecule has 0 atom stereocenters. The Kier molecular flexibility index (Phi) is 5.05. The van der Waals surface area contributed by atoms with Gasteiger partial charge in [-0.05, 0) is 42.5 Å². The highest BCUT2D eigenvalue weighted by Gasteiger charge is 2.13. The van der Waals surface area contributed by atoms with Crippen LogP contribution in [0.1, 0.15) is 11.1 Å². The highest BCUT2D eigenvalue weighted by atomic mass is 35.5. The van der Waals surface area contributed by atoms with Crippen molar-refractivity contribution in [3.05, 3.63) is 76.7 Å². The molecule has 3 N–H and O–H groups in total. The zero-order valence-electron chi connectivity index (χ0n) is 14.8. The molecule has 0 saturated carbocycles. The Labute approximate surface area is 169 Å². The van der Waals surface area contributed by atoms with Crippen molar-refractivity contribution in [2.45, 2.75) is 0 Å². The van der Waals surface area contributed by atoms with Crippen LogP contribution < -0.4 is 5.32 Å². The van der Waals surface area contributed by atoms with Crippen molar-refractivity contribution in [1.29, 1.82) is 5.26 Å². The van der Waals surface area contributed by atoms with Gasteiger partial charge in [0.2, 0.25) is 0 Å². The van der Waals surface area contributed by atoms with Crippen LogP contribution in [0, 0.1) is 17.1 Å². The number of aliphatic imine (C=N–C) groups is 1. The molecule has 0 bridgehead atoms. The smallest absolute Gasteiger partial charge is 0.193 e. The van der Waals surface area contributed by atoms with Gasteiger partial charge in [-0.2, -0.15) is 15.5 Å². The molecule has 0 aliphatic rings. The quantitative estimate of drug-likeness (QED) is 0.408. The van der Waals surface area contributed by atoms with Crippen LogP contribution in [0.2, 0.25) is 5.02 Å². The zero-order chi connectivity index (χ0) is 20.2.